The van der Waals surface area contributed by atoms with Gasteiger partial charge in [0.05, 0.1) is 18.1 Å². The van der Waals surface area contributed by atoms with Gasteiger partial charge >= 0.3 is 18.2 Å². The highest BCUT2D eigenvalue weighted by molar-refractivity contribution is 5.96. The van der Waals surface area contributed by atoms with Crippen molar-refractivity contribution in [2.24, 2.45) is 17.8 Å². The van der Waals surface area contributed by atoms with Crippen LogP contribution < -0.4 is 27.0 Å². The summed E-state index contributed by atoms with van der Waals surface area (Å²) in [5, 5.41) is 17.1. The van der Waals surface area contributed by atoms with Crippen LogP contribution in [0.1, 0.15) is 91.4 Å². The third kappa shape index (κ3) is 8.38. The van der Waals surface area contributed by atoms with Gasteiger partial charge in [-0.25, -0.2) is 20.4 Å². The van der Waals surface area contributed by atoms with E-state index in [1.165, 1.54) is 4.90 Å². The summed E-state index contributed by atoms with van der Waals surface area (Å²) in [7, 11) is 0. The zero-order valence-electron chi connectivity index (χ0n) is 27.2. The molecule has 0 aromatic carbocycles. The van der Waals surface area contributed by atoms with Crippen LogP contribution in [0.15, 0.2) is 12.2 Å². The number of hydrazine groups is 3. The summed E-state index contributed by atoms with van der Waals surface area (Å²) in [6, 6.07) is -2.56. The number of fused-ring (bicyclic) bond motifs is 2. The lowest BCUT2D eigenvalue weighted by Gasteiger charge is -2.33. The number of amides is 3. The summed E-state index contributed by atoms with van der Waals surface area (Å²) in [4.78, 5) is 54.6. The van der Waals surface area contributed by atoms with Crippen molar-refractivity contribution in [2.45, 2.75) is 133 Å². The highest BCUT2D eigenvalue weighted by atomic mass is 19.4. The Morgan fingerprint density at radius 2 is 1.83 bits per heavy atom. The van der Waals surface area contributed by atoms with E-state index in [0.717, 1.165) is 19.3 Å². The molecular formula is C31H48F3N7O6. The minimum Gasteiger partial charge on any atom is -0.479 e. The smallest absolute Gasteiger partial charge is 0.408 e. The maximum atomic E-state index is 14.2. The number of carboxylic acid groups (broad SMARTS) is 1. The molecule has 8 atom stereocenters. The lowest BCUT2D eigenvalue weighted by atomic mass is 9.79. The standard InChI is InChI=1S/C31H48F3N7O6/c1-29(2,3)47-28(46)35-22-13-8-6-4-5-7-11-20-16-30(20,27(44)45)36-25(42)23-15-21(17-40(23)26(22)43)41-38-24(37-39-41)18-10-9-12-19(14-18)31(32,33)34/h7,11,18-24,37-39H,4-6,8-10,12-17H2,1-3H3,(H,35,46)(H,36,42)(H,44,45)/b11-7-/t18?,19?,20-,21+,22-,23+,24?,30+/m1/s1. The van der Waals surface area contributed by atoms with E-state index in [1.54, 1.807) is 25.9 Å². The monoisotopic (exact) mass is 671 g/mol. The van der Waals surface area contributed by atoms with Gasteiger partial charge in [0.1, 0.15) is 23.2 Å². The van der Waals surface area contributed by atoms with E-state index in [2.05, 4.69) is 27.0 Å². The maximum Gasteiger partial charge on any atom is 0.408 e. The minimum atomic E-state index is -4.26. The molecule has 3 amide bonds. The first-order valence-corrected chi connectivity index (χ1v) is 16.7. The predicted octanol–water partition coefficient (Wildman–Crippen LogP) is 2.85. The van der Waals surface area contributed by atoms with E-state index < -0.39 is 71.4 Å². The molecule has 4 fully saturated rings. The Morgan fingerprint density at radius 3 is 2.53 bits per heavy atom. The molecule has 0 radical (unpaired) electrons. The molecule has 0 bridgehead atoms. The summed E-state index contributed by atoms with van der Waals surface area (Å²) in [6.45, 7) is 5.17. The molecule has 5 aliphatic rings. The molecule has 2 saturated heterocycles. The molecule has 0 aromatic rings. The zero-order valence-corrected chi connectivity index (χ0v) is 27.2. The number of aliphatic carboxylic acids is 1. The molecule has 3 aliphatic heterocycles. The Bertz CT molecular complexity index is 1230. The predicted molar refractivity (Wildman–Crippen MR) is 162 cm³/mol. The Labute approximate surface area is 272 Å². The molecule has 264 valence electrons. The Hall–Kier alpha value is -2.95. The minimum absolute atomic E-state index is 0.0190. The van der Waals surface area contributed by atoms with Gasteiger partial charge in [0.25, 0.3) is 0 Å². The van der Waals surface area contributed by atoms with Gasteiger partial charge in [-0.05, 0) is 78.1 Å². The van der Waals surface area contributed by atoms with Crippen LogP contribution in [-0.4, -0.2) is 87.2 Å². The van der Waals surface area contributed by atoms with E-state index >= 15 is 0 Å². The normalized spacial score (nSPS) is 36.7. The molecule has 47 heavy (non-hydrogen) atoms. The molecule has 2 saturated carbocycles. The van der Waals surface area contributed by atoms with Crippen molar-refractivity contribution in [1.82, 2.24) is 37.0 Å². The van der Waals surface area contributed by atoms with Gasteiger partial charge in [0, 0.05) is 12.5 Å². The van der Waals surface area contributed by atoms with Crippen LogP contribution in [0, 0.1) is 17.8 Å². The Balaban J connectivity index is 1.35. The van der Waals surface area contributed by atoms with Gasteiger partial charge in [-0.2, -0.15) is 23.8 Å². The summed E-state index contributed by atoms with van der Waals surface area (Å²) >= 11 is 0. The molecule has 0 spiro atoms. The van der Waals surface area contributed by atoms with Crippen LogP contribution in [-0.2, 0) is 19.1 Å². The summed E-state index contributed by atoms with van der Waals surface area (Å²) in [6.07, 6.45) is 2.96. The molecule has 13 nitrogen and oxygen atoms in total. The van der Waals surface area contributed by atoms with Gasteiger partial charge in [0.15, 0.2) is 0 Å². The molecule has 3 heterocycles. The number of hydrogen-bond donors (Lipinski definition) is 6. The lowest BCUT2D eigenvalue weighted by molar-refractivity contribution is -0.186. The first-order chi connectivity index (χ1) is 22.1. The van der Waals surface area contributed by atoms with Crippen molar-refractivity contribution in [3.8, 4) is 0 Å². The number of rotatable bonds is 4. The molecule has 5 rings (SSSR count). The van der Waals surface area contributed by atoms with Gasteiger partial charge in [-0.3, -0.25) is 9.59 Å². The number of carboxylic acids is 1. The number of alkyl halides is 3. The number of ether oxygens (including phenoxy) is 1. The first kappa shape index (κ1) is 35.4. The fourth-order valence-corrected chi connectivity index (χ4v) is 7.32. The van der Waals surface area contributed by atoms with Gasteiger partial charge in [0.2, 0.25) is 11.8 Å². The van der Waals surface area contributed by atoms with Gasteiger partial charge < -0.3 is 25.4 Å². The molecule has 2 aliphatic carbocycles. The van der Waals surface area contributed by atoms with Crippen molar-refractivity contribution in [2.75, 3.05) is 6.54 Å². The second kappa shape index (κ2) is 13.9. The number of hydrogen-bond acceptors (Lipinski definition) is 9. The highest BCUT2D eigenvalue weighted by Gasteiger charge is 2.61. The van der Waals surface area contributed by atoms with Crippen molar-refractivity contribution < 1.29 is 42.2 Å². The van der Waals surface area contributed by atoms with Gasteiger partial charge in [-0.15, -0.1) is 0 Å². The quantitative estimate of drug-likeness (QED) is 0.245. The van der Waals surface area contributed by atoms with Crippen molar-refractivity contribution in [1.29, 1.82) is 0 Å². The second-order valence-corrected chi connectivity index (χ2v) is 14.6. The summed E-state index contributed by atoms with van der Waals surface area (Å²) in [5.74, 6) is -4.31. The van der Waals surface area contributed by atoms with Crippen LogP contribution in [0.5, 0.6) is 0 Å². The highest BCUT2D eigenvalue weighted by Crippen LogP contribution is 2.45. The average molecular weight is 672 g/mol. The maximum absolute atomic E-state index is 14.2. The topological polar surface area (TPSA) is 164 Å². The van der Waals surface area contributed by atoms with E-state index in [1.807, 2.05) is 12.2 Å². The van der Waals surface area contributed by atoms with Crippen LogP contribution in [0.25, 0.3) is 0 Å². The fourth-order valence-electron chi connectivity index (χ4n) is 7.32. The van der Waals surface area contributed by atoms with Crippen LogP contribution in [0.2, 0.25) is 0 Å². The molecule has 0 aromatic heterocycles. The second-order valence-electron chi connectivity index (χ2n) is 14.6. The molecule has 6 N–H and O–H groups in total. The van der Waals surface area contributed by atoms with Crippen LogP contribution >= 0.6 is 0 Å². The number of allylic oxidation sites excluding steroid dienone is 1. The largest absolute Gasteiger partial charge is 0.479 e. The number of alkyl carbamates (subject to hydrolysis) is 1. The van der Waals surface area contributed by atoms with Crippen LogP contribution in [0.4, 0.5) is 18.0 Å². The van der Waals surface area contributed by atoms with Gasteiger partial charge in [-0.1, -0.05) is 31.4 Å². The first-order valence-electron chi connectivity index (χ1n) is 16.7. The van der Waals surface area contributed by atoms with E-state index in [0.29, 0.717) is 25.7 Å². The summed E-state index contributed by atoms with van der Waals surface area (Å²) < 4.78 is 45.9. The third-order valence-corrected chi connectivity index (χ3v) is 9.96. The van der Waals surface area contributed by atoms with E-state index in [4.69, 9.17) is 4.74 Å². The van der Waals surface area contributed by atoms with Crippen LogP contribution in [0.3, 0.4) is 0 Å². The molecule has 3 unspecified atom stereocenters. The van der Waals surface area contributed by atoms with Crippen molar-refractivity contribution in [3.05, 3.63) is 12.2 Å². The SMILES string of the molecule is CC(C)(C)OC(=O)N[C@@H]1CCCCC/C=C\[C@@H]2C[C@]2(C(=O)O)NC(=O)[C@@H]2C[C@H](N3NNC(C4CCCC(C(F)(F)F)C4)N3)CN2C1=O. The number of nitrogens with one attached hydrogen (secondary N) is 5. The molecular weight excluding hydrogens is 623 g/mol. The number of carbonyl (C=O) groups excluding carboxylic acids is 3. The fraction of sp³-hybridized carbons (Fsp3) is 0.806. The third-order valence-electron chi connectivity index (χ3n) is 9.96. The number of carbonyl (C=O) groups is 4. The number of halogens is 3. The molecule has 16 heteroatoms. The lowest BCUT2D eigenvalue weighted by Crippen LogP contribution is -2.56. The average Bonchev–Trinajstić information content (AvgIpc) is 3.31. The van der Waals surface area contributed by atoms with E-state index in [9.17, 15) is 37.5 Å². The Kier molecular flexibility index (Phi) is 10.4. The summed E-state index contributed by atoms with van der Waals surface area (Å²) in [5.41, 5.74) is 6.95. The van der Waals surface area contributed by atoms with E-state index in [-0.39, 0.29) is 44.1 Å². The van der Waals surface area contributed by atoms with Crippen molar-refractivity contribution in [3.63, 3.8) is 0 Å². The number of nitrogens with zero attached hydrogens (tertiary/aromatic N) is 2. The Morgan fingerprint density at radius 1 is 1.06 bits per heavy atom. The zero-order chi connectivity index (χ0) is 34.1. The van der Waals surface area contributed by atoms with Crippen molar-refractivity contribution >= 4 is 23.9 Å².